The minimum atomic E-state index is -0.436. The van der Waals surface area contributed by atoms with E-state index in [9.17, 15) is 4.79 Å². The Bertz CT molecular complexity index is 374. The van der Waals surface area contributed by atoms with E-state index in [2.05, 4.69) is 6.58 Å². The topological polar surface area (TPSA) is 38.8 Å². The van der Waals surface area contributed by atoms with Gasteiger partial charge in [-0.05, 0) is 12.1 Å². The Morgan fingerprint density at radius 3 is 2.56 bits per heavy atom. The van der Waals surface area contributed by atoms with Crippen LogP contribution in [0.4, 0.5) is 4.79 Å². The van der Waals surface area contributed by atoms with E-state index in [0.29, 0.717) is 18.1 Å². The predicted octanol–water partition coefficient (Wildman–Crippen LogP) is 2.31. The van der Waals surface area contributed by atoms with Crippen LogP contribution in [0.2, 0.25) is 0 Å². The molecule has 0 unspecified atom stereocenters. The summed E-state index contributed by atoms with van der Waals surface area (Å²) in [6, 6.07) is 7.01. The third-order valence-corrected chi connectivity index (χ3v) is 1.77. The van der Waals surface area contributed by atoms with Crippen LogP contribution >= 0.6 is 0 Å². The van der Waals surface area contributed by atoms with Gasteiger partial charge in [-0.3, -0.25) is 0 Å². The third-order valence-electron chi connectivity index (χ3n) is 1.77. The highest BCUT2D eigenvalue weighted by Gasteiger charge is 2.10. The summed E-state index contributed by atoms with van der Waals surface area (Å²) in [5.74, 6) is 0.931. The largest absolute Gasteiger partial charge is 0.486 e. The third kappa shape index (κ3) is 3.31. The van der Waals surface area contributed by atoms with Crippen LogP contribution in [0.1, 0.15) is 0 Å². The first-order chi connectivity index (χ1) is 7.65. The van der Waals surface area contributed by atoms with E-state index < -0.39 is 6.09 Å². The summed E-state index contributed by atoms with van der Waals surface area (Å²) in [7, 11) is 3.24. The van der Waals surface area contributed by atoms with Crippen molar-refractivity contribution >= 4 is 6.09 Å². The quantitative estimate of drug-likeness (QED) is 0.732. The summed E-state index contributed by atoms with van der Waals surface area (Å²) < 4.78 is 10.5. The molecule has 0 atom stereocenters. The Hall–Kier alpha value is -1.97. The van der Waals surface area contributed by atoms with Crippen LogP contribution in [-0.4, -0.2) is 31.7 Å². The lowest BCUT2D eigenvalue weighted by Crippen LogP contribution is -2.25. The van der Waals surface area contributed by atoms with Crippen molar-refractivity contribution in [1.29, 1.82) is 0 Å². The molecule has 0 aliphatic carbocycles. The second-order valence-corrected chi connectivity index (χ2v) is 3.31. The number of carbonyl (C=O) groups excluding carboxylic acids is 1. The van der Waals surface area contributed by atoms with Gasteiger partial charge in [0.15, 0.2) is 11.5 Å². The van der Waals surface area contributed by atoms with E-state index >= 15 is 0 Å². The van der Waals surface area contributed by atoms with Gasteiger partial charge in [0, 0.05) is 14.1 Å². The fourth-order valence-corrected chi connectivity index (χ4v) is 0.988. The number of rotatable bonds is 4. The van der Waals surface area contributed by atoms with Gasteiger partial charge in [0.2, 0.25) is 0 Å². The van der Waals surface area contributed by atoms with E-state index in [-0.39, 0.29) is 0 Å². The highest BCUT2D eigenvalue weighted by atomic mass is 16.6. The minimum absolute atomic E-state index is 0.372. The van der Waals surface area contributed by atoms with Crippen LogP contribution in [0.15, 0.2) is 36.9 Å². The normalized spacial score (nSPS) is 9.38. The van der Waals surface area contributed by atoms with Crippen LogP contribution in [0.25, 0.3) is 0 Å². The lowest BCUT2D eigenvalue weighted by molar-refractivity contribution is 0.169. The molecular weight excluding hydrogens is 206 g/mol. The van der Waals surface area contributed by atoms with E-state index in [0.717, 1.165) is 0 Å². The van der Waals surface area contributed by atoms with E-state index in [4.69, 9.17) is 9.47 Å². The van der Waals surface area contributed by atoms with Crippen LogP contribution in [0, 0.1) is 0 Å². The molecule has 0 fully saturated rings. The number of hydrogen-bond acceptors (Lipinski definition) is 3. The summed E-state index contributed by atoms with van der Waals surface area (Å²) in [6.45, 7) is 3.93. The van der Waals surface area contributed by atoms with Gasteiger partial charge in [-0.2, -0.15) is 0 Å². The molecule has 1 aromatic carbocycles. The highest BCUT2D eigenvalue weighted by Crippen LogP contribution is 2.26. The monoisotopic (exact) mass is 221 g/mol. The predicted molar refractivity (Wildman–Crippen MR) is 61.8 cm³/mol. The standard InChI is InChI=1S/C12H15NO3/c1-4-9-15-10-7-5-6-8-11(10)16-12(14)13(2)3/h4-8H,1,9H2,2-3H3. The van der Waals surface area contributed by atoms with E-state index in [1.807, 2.05) is 6.07 Å². The fourth-order valence-electron chi connectivity index (χ4n) is 0.988. The molecule has 0 saturated carbocycles. The summed E-state index contributed by atoms with van der Waals surface area (Å²) in [5, 5.41) is 0. The van der Waals surface area contributed by atoms with Gasteiger partial charge in [-0.1, -0.05) is 24.8 Å². The van der Waals surface area contributed by atoms with Crippen LogP contribution in [0.3, 0.4) is 0 Å². The molecule has 86 valence electrons. The number of carbonyl (C=O) groups is 1. The van der Waals surface area contributed by atoms with Gasteiger partial charge in [-0.25, -0.2) is 4.79 Å². The zero-order valence-electron chi connectivity index (χ0n) is 9.47. The van der Waals surface area contributed by atoms with Crippen molar-refractivity contribution in [3.05, 3.63) is 36.9 Å². The minimum Gasteiger partial charge on any atom is -0.486 e. The zero-order chi connectivity index (χ0) is 12.0. The maximum Gasteiger partial charge on any atom is 0.414 e. The number of hydrogen-bond donors (Lipinski definition) is 0. The van der Waals surface area contributed by atoms with Crippen molar-refractivity contribution in [2.24, 2.45) is 0 Å². The Morgan fingerprint density at radius 1 is 1.38 bits per heavy atom. The molecule has 0 N–H and O–H groups in total. The van der Waals surface area contributed by atoms with Gasteiger partial charge < -0.3 is 14.4 Å². The second kappa shape index (κ2) is 5.80. The molecule has 0 aliphatic rings. The number of ether oxygens (including phenoxy) is 2. The SMILES string of the molecule is C=CCOc1ccccc1OC(=O)N(C)C. The Morgan fingerprint density at radius 2 is 2.00 bits per heavy atom. The average molecular weight is 221 g/mol. The Balaban J connectivity index is 2.78. The molecule has 0 saturated heterocycles. The van der Waals surface area contributed by atoms with Crippen LogP contribution in [0.5, 0.6) is 11.5 Å². The highest BCUT2D eigenvalue weighted by molar-refractivity contribution is 5.70. The van der Waals surface area contributed by atoms with Crippen molar-refractivity contribution in [3.8, 4) is 11.5 Å². The molecule has 0 aromatic heterocycles. The molecule has 4 heteroatoms. The van der Waals surface area contributed by atoms with Crippen molar-refractivity contribution in [3.63, 3.8) is 0 Å². The van der Waals surface area contributed by atoms with Gasteiger partial charge in [0.25, 0.3) is 0 Å². The number of amides is 1. The van der Waals surface area contributed by atoms with Gasteiger partial charge in [-0.15, -0.1) is 0 Å². The zero-order valence-corrected chi connectivity index (χ0v) is 9.47. The summed E-state index contributed by atoms with van der Waals surface area (Å²) >= 11 is 0. The van der Waals surface area contributed by atoms with E-state index in [1.54, 1.807) is 38.4 Å². The molecule has 1 rings (SSSR count). The molecule has 0 bridgehead atoms. The van der Waals surface area contributed by atoms with Crippen molar-refractivity contribution in [2.75, 3.05) is 20.7 Å². The number of benzene rings is 1. The molecular formula is C12H15NO3. The maximum absolute atomic E-state index is 11.4. The van der Waals surface area contributed by atoms with Crippen molar-refractivity contribution in [2.45, 2.75) is 0 Å². The van der Waals surface area contributed by atoms with Crippen molar-refractivity contribution < 1.29 is 14.3 Å². The molecule has 0 spiro atoms. The van der Waals surface area contributed by atoms with Gasteiger partial charge in [0.1, 0.15) is 6.61 Å². The van der Waals surface area contributed by atoms with Crippen molar-refractivity contribution in [1.82, 2.24) is 4.90 Å². The molecule has 4 nitrogen and oxygen atoms in total. The second-order valence-electron chi connectivity index (χ2n) is 3.31. The molecule has 0 radical (unpaired) electrons. The molecule has 1 aromatic rings. The maximum atomic E-state index is 11.4. The number of nitrogens with zero attached hydrogens (tertiary/aromatic N) is 1. The first-order valence-corrected chi connectivity index (χ1v) is 4.87. The summed E-state index contributed by atoms with van der Waals surface area (Å²) in [5.41, 5.74) is 0. The van der Waals surface area contributed by atoms with Gasteiger partial charge in [0.05, 0.1) is 0 Å². The summed E-state index contributed by atoms with van der Waals surface area (Å²) in [6.07, 6.45) is 1.19. The smallest absolute Gasteiger partial charge is 0.414 e. The first kappa shape index (κ1) is 12.1. The first-order valence-electron chi connectivity index (χ1n) is 4.87. The summed E-state index contributed by atoms with van der Waals surface area (Å²) in [4.78, 5) is 12.7. The number of para-hydroxylation sites is 2. The van der Waals surface area contributed by atoms with Crippen LogP contribution in [-0.2, 0) is 0 Å². The van der Waals surface area contributed by atoms with E-state index in [1.165, 1.54) is 4.90 Å². The lowest BCUT2D eigenvalue weighted by Gasteiger charge is -2.13. The van der Waals surface area contributed by atoms with Gasteiger partial charge >= 0.3 is 6.09 Å². The fraction of sp³-hybridized carbons (Fsp3) is 0.250. The van der Waals surface area contributed by atoms with Crippen LogP contribution < -0.4 is 9.47 Å². The Labute approximate surface area is 95.1 Å². The Kier molecular flexibility index (Phi) is 4.39. The molecule has 0 heterocycles. The molecule has 1 amide bonds. The molecule has 0 aliphatic heterocycles. The average Bonchev–Trinajstić information content (AvgIpc) is 2.27. The lowest BCUT2D eigenvalue weighted by atomic mass is 10.3. The molecule has 16 heavy (non-hydrogen) atoms.